The molecule has 4 aromatic rings. The number of nitrogens with zero attached hydrogens (tertiary/aromatic N) is 4. The molecule has 0 saturated heterocycles. The lowest BCUT2D eigenvalue weighted by Crippen LogP contribution is -2.14. The number of ether oxygens (including phenoxy) is 4. The summed E-state index contributed by atoms with van der Waals surface area (Å²) in [5.74, 6) is -1.80. The Hall–Kier alpha value is -7.28. The molecule has 12 nitrogen and oxygen atoms in total. The minimum atomic E-state index is -0.627. The van der Waals surface area contributed by atoms with E-state index in [4.69, 9.17) is 18.9 Å². The van der Waals surface area contributed by atoms with E-state index in [1.165, 1.54) is 27.7 Å². The summed E-state index contributed by atoms with van der Waals surface area (Å²) >= 11 is 0. The molecule has 0 atom stereocenters. The van der Waals surface area contributed by atoms with Crippen LogP contribution < -0.4 is 18.9 Å². The molecule has 0 fully saturated rings. The van der Waals surface area contributed by atoms with Gasteiger partial charge in [-0.25, -0.2) is 0 Å². The lowest BCUT2D eigenvalue weighted by Gasteiger charge is -2.23. The van der Waals surface area contributed by atoms with Crippen LogP contribution in [0.1, 0.15) is 94.5 Å². The highest BCUT2D eigenvalue weighted by Crippen LogP contribution is 2.41. The first-order valence-electron chi connectivity index (χ1n) is 17.6. The number of carbonyl (C=O) groups excluding carboxylic acids is 4. The molecule has 1 aliphatic carbocycles. The van der Waals surface area contributed by atoms with E-state index in [1.54, 1.807) is 48.5 Å². The predicted molar refractivity (Wildman–Crippen MR) is 199 cm³/mol. The molecular weight excluding hydrogens is 713 g/mol. The van der Waals surface area contributed by atoms with Crippen LogP contribution >= 0.6 is 0 Å². The molecule has 0 amide bonds. The fourth-order valence-electron chi connectivity index (χ4n) is 7.05. The zero-order valence-corrected chi connectivity index (χ0v) is 31.3. The van der Waals surface area contributed by atoms with Gasteiger partial charge in [0.05, 0.1) is 50.0 Å². The SMILES string of the molecule is CC(=O)Oc1c2cc(CC#N)cc1Cc1cc(CC#N)cc(c1OC(C)=O)Cc1cc(CC#N)cc(c1OC(C)=O)Cc1cc(CC#N)cc(c1OC(C)=O)C2. The maximum atomic E-state index is 12.7. The molecule has 1 aliphatic rings. The van der Waals surface area contributed by atoms with E-state index < -0.39 is 23.9 Å². The third kappa shape index (κ3) is 9.63. The van der Waals surface area contributed by atoms with Crippen molar-refractivity contribution >= 4 is 23.9 Å². The molecule has 0 N–H and O–H groups in total. The van der Waals surface area contributed by atoms with E-state index in [1.807, 2.05) is 0 Å². The Morgan fingerprint density at radius 3 is 0.679 bits per heavy atom. The highest BCUT2D eigenvalue weighted by Gasteiger charge is 2.26. The fraction of sp³-hybridized carbons (Fsp3) is 0.273. The summed E-state index contributed by atoms with van der Waals surface area (Å²) in [6.45, 7) is 5.01. The van der Waals surface area contributed by atoms with Crippen molar-refractivity contribution in [1.82, 2.24) is 0 Å². The van der Waals surface area contributed by atoms with Gasteiger partial charge in [0.25, 0.3) is 0 Å². The molecule has 12 heteroatoms. The van der Waals surface area contributed by atoms with Gasteiger partial charge in [-0.15, -0.1) is 0 Å². The Morgan fingerprint density at radius 1 is 0.393 bits per heavy atom. The quantitative estimate of drug-likeness (QED) is 0.126. The standard InChI is InChI=1S/C44H36N4O8/c1-25(49)53-41-33-13-29(5-9-45)14-34(41)22-36-16-31(7-11-47)18-38(43(36)55-27(3)51)24-40-20-32(8-12-48)19-39(44(40)56-28(4)52)23-37-17-30(6-10-46)15-35(21-33)42(37)54-26(2)50/h13-20H,5-8,21-24H2,1-4H3. The minimum Gasteiger partial charge on any atom is -0.426 e. The van der Waals surface area contributed by atoms with Crippen molar-refractivity contribution in [2.75, 3.05) is 0 Å². The summed E-state index contributed by atoms with van der Waals surface area (Å²) < 4.78 is 23.6. The van der Waals surface area contributed by atoms with Crippen LogP contribution in [0.4, 0.5) is 0 Å². The Balaban J connectivity index is 1.99. The van der Waals surface area contributed by atoms with Crippen LogP contribution in [0.3, 0.4) is 0 Å². The number of fused-ring (bicyclic) bond motifs is 8. The summed E-state index contributed by atoms with van der Waals surface area (Å²) in [5.41, 5.74) is 6.06. The number of benzene rings is 4. The van der Waals surface area contributed by atoms with Gasteiger partial charge in [0.15, 0.2) is 0 Å². The first kappa shape index (κ1) is 39.9. The van der Waals surface area contributed by atoms with Gasteiger partial charge in [0.2, 0.25) is 0 Å². The number of carbonyl (C=O) groups is 4. The van der Waals surface area contributed by atoms with Gasteiger partial charge >= 0.3 is 23.9 Å². The second kappa shape index (κ2) is 17.7. The monoisotopic (exact) mass is 748 g/mol. The maximum absolute atomic E-state index is 12.7. The van der Waals surface area contributed by atoms with Crippen LogP contribution in [0.15, 0.2) is 48.5 Å². The summed E-state index contributed by atoms with van der Waals surface area (Å²) in [4.78, 5) is 50.9. The van der Waals surface area contributed by atoms with Gasteiger partial charge in [-0.3, -0.25) is 19.2 Å². The molecule has 0 heterocycles. The van der Waals surface area contributed by atoms with E-state index in [0.29, 0.717) is 66.8 Å². The maximum Gasteiger partial charge on any atom is 0.308 e. The zero-order chi connectivity index (χ0) is 40.5. The summed E-state index contributed by atoms with van der Waals surface area (Å²) in [7, 11) is 0. The molecule has 5 rings (SSSR count). The second-order valence-corrected chi connectivity index (χ2v) is 13.4. The van der Waals surface area contributed by atoms with Crippen LogP contribution in [-0.2, 0) is 70.5 Å². The molecule has 0 aliphatic heterocycles. The van der Waals surface area contributed by atoms with Crippen LogP contribution in [0.5, 0.6) is 23.0 Å². The fourth-order valence-corrected chi connectivity index (χ4v) is 7.05. The van der Waals surface area contributed by atoms with Gasteiger partial charge in [0, 0.05) is 97.9 Å². The van der Waals surface area contributed by atoms with Crippen molar-refractivity contribution in [3.63, 3.8) is 0 Å². The average molecular weight is 749 g/mol. The minimum absolute atomic E-state index is 0.00793. The summed E-state index contributed by atoms with van der Waals surface area (Å²) in [5, 5.41) is 39.1. The lowest BCUT2D eigenvalue weighted by atomic mass is 9.87. The van der Waals surface area contributed by atoms with Gasteiger partial charge in [0.1, 0.15) is 23.0 Å². The van der Waals surface area contributed by atoms with Gasteiger partial charge in [-0.1, -0.05) is 48.5 Å². The Labute approximate surface area is 324 Å². The van der Waals surface area contributed by atoms with Gasteiger partial charge in [-0.05, 0) is 22.3 Å². The van der Waals surface area contributed by atoms with E-state index in [-0.39, 0.29) is 74.4 Å². The molecular formula is C44H36N4O8. The van der Waals surface area contributed by atoms with Crippen molar-refractivity contribution in [1.29, 1.82) is 21.0 Å². The molecule has 0 radical (unpaired) electrons. The van der Waals surface area contributed by atoms with Crippen molar-refractivity contribution in [3.8, 4) is 47.3 Å². The van der Waals surface area contributed by atoms with Crippen molar-refractivity contribution < 1.29 is 38.1 Å². The first-order chi connectivity index (χ1) is 26.8. The predicted octanol–water partition coefficient (Wildman–Crippen LogP) is 6.33. The molecule has 280 valence electrons. The van der Waals surface area contributed by atoms with E-state index in [0.717, 1.165) is 0 Å². The number of esters is 4. The molecule has 0 saturated carbocycles. The van der Waals surface area contributed by atoms with E-state index in [2.05, 4.69) is 24.3 Å². The highest BCUT2D eigenvalue weighted by atomic mass is 16.5. The Morgan fingerprint density at radius 2 is 0.554 bits per heavy atom. The topological polar surface area (TPSA) is 200 Å². The van der Waals surface area contributed by atoms with E-state index in [9.17, 15) is 40.2 Å². The van der Waals surface area contributed by atoms with Crippen molar-refractivity contribution in [2.24, 2.45) is 0 Å². The average Bonchev–Trinajstić information content (AvgIpc) is 3.10. The smallest absolute Gasteiger partial charge is 0.308 e. The Bertz CT molecular complexity index is 2020. The summed E-state index contributed by atoms with van der Waals surface area (Å²) in [6, 6.07) is 22.5. The molecule has 56 heavy (non-hydrogen) atoms. The zero-order valence-electron chi connectivity index (χ0n) is 31.3. The number of rotatable bonds is 8. The molecule has 8 bridgehead atoms. The lowest BCUT2D eigenvalue weighted by molar-refractivity contribution is -0.132. The third-order valence-electron chi connectivity index (χ3n) is 8.85. The molecule has 0 aromatic heterocycles. The molecule has 4 aromatic carbocycles. The normalized spacial score (nSPS) is 11.4. The third-order valence-corrected chi connectivity index (χ3v) is 8.85. The largest absolute Gasteiger partial charge is 0.426 e. The summed E-state index contributed by atoms with van der Waals surface area (Å²) in [6.07, 6.45) is 0.0112. The van der Waals surface area contributed by atoms with Gasteiger partial charge in [-0.2, -0.15) is 21.0 Å². The van der Waals surface area contributed by atoms with Crippen molar-refractivity contribution in [3.05, 3.63) is 115 Å². The number of nitriles is 4. The molecule has 0 spiro atoms. The first-order valence-corrected chi connectivity index (χ1v) is 17.6. The Kier molecular flexibility index (Phi) is 12.6. The van der Waals surface area contributed by atoms with Crippen LogP contribution in [-0.4, -0.2) is 23.9 Å². The second-order valence-electron chi connectivity index (χ2n) is 13.4. The van der Waals surface area contributed by atoms with E-state index >= 15 is 0 Å². The van der Waals surface area contributed by atoms with Crippen molar-refractivity contribution in [2.45, 2.75) is 79.1 Å². The van der Waals surface area contributed by atoms with Crippen LogP contribution in [0, 0.1) is 45.3 Å². The van der Waals surface area contributed by atoms with Crippen LogP contribution in [0.25, 0.3) is 0 Å². The molecule has 0 unspecified atom stereocenters. The number of hydrogen-bond acceptors (Lipinski definition) is 12. The van der Waals surface area contributed by atoms with Crippen LogP contribution in [0.2, 0.25) is 0 Å². The number of hydrogen-bond donors (Lipinski definition) is 0. The highest BCUT2D eigenvalue weighted by molar-refractivity contribution is 5.75. The van der Waals surface area contributed by atoms with Gasteiger partial charge < -0.3 is 18.9 Å².